The number of aryl methyl sites for hydroxylation is 1. The molecule has 0 unspecified atom stereocenters. The molecule has 0 saturated heterocycles. The van der Waals surface area contributed by atoms with Crippen molar-refractivity contribution in [1.29, 1.82) is 0 Å². The van der Waals surface area contributed by atoms with Crippen molar-refractivity contribution in [1.82, 2.24) is 14.5 Å². The van der Waals surface area contributed by atoms with Crippen LogP contribution in [0, 0.1) is 0 Å². The molecule has 0 atom stereocenters. The van der Waals surface area contributed by atoms with Crippen molar-refractivity contribution in [3.63, 3.8) is 0 Å². The summed E-state index contributed by atoms with van der Waals surface area (Å²) in [5, 5.41) is 0. The molecule has 0 aliphatic rings. The maximum Gasteiger partial charge on any atom is 0.324 e. The minimum Gasteiger partial charge on any atom is -0.322 e. The summed E-state index contributed by atoms with van der Waals surface area (Å²) >= 11 is 5.56. The molecule has 0 radical (unpaired) electrons. The van der Waals surface area contributed by atoms with Crippen molar-refractivity contribution < 1.29 is 17.6 Å². The van der Waals surface area contributed by atoms with E-state index >= 15 is 0 Å². The van der Waals surface area contributed by atoms with Crippen LogP contribution in [0.2, 0.25) is 0 Å². The smallest absolute Gasteiger partial charge is 0.322 e. The van der Waals surface area contributed by atoms with E-state index in [-0.39, 0.29) is 18.1 Å². The van der Waals surface area contributed by atoms with Crippen LogP contribution in [0.3, 0.4) is 0 Å². The third kappa shape index (κ3) is 2.80. The van der Waals surface area contributed by atoms with Crippen LogP contribution in [0.4, 0.5) is 17.6 Å². The Kier molecular flexibility index (Phi) is 3.93. The first kappa shape index (κ1) is 14.0. The predicted molar refractivity (Wildman–Crippen MR) is 62.9 cm³/mol. The van der Waals surface area contributed by atoms with Gasteiger partial charge in [-0.15, -0.1) is 11.6 Å². The molecule has 19 heavy (non-hydrogen) atoms. The van der Waals surface area contributed by atoms with Crippen LogP contribution in [-0.2, 0) is 13.0 Å². The molecule has 0 aromatic carbocycles. The molecule has 0 bridgehead atoms. The highest BCUT2D eigenvalue weighted by molar-refractivity contribution is 6.17. The van der Waals surface area contributed by atoms with Crippen LogP contribution in [0.15, 0.2) is 18.5 Å². The van der Waals surface area contributed by atoms with Gasteiger partial charge in [-0.05, 0) is 6.07 Å². The highest BCUT2D eigenvalue weighted by atomic mass is 35.5. The molecule has 0 N–H and O–H groups in total. The van der Waals surface area contributed by atoms with Crippen molar-refractivity contribution in [2.24, 2.45) is 0 Å². The highest BCUT2D eigenvalue weighted by Gasteiger charge is 2.41. The summed E-state index contributed by atoms with van der Waals surface area (Å²) < 4.78 is 52.1. The number of rotatable bonds is 5. The Morgan fingerprint density at radius 1 is 1.37 bits per heavy atom. The van der Waals surface area contributed by atoms with Gasteiger partial charge in [0.2, 0.25) is 0 Å². The first-order valence-corrected chi connectivity index (χ1v) is 6.00. The van der Waals surface area contributed by atoms with E-state index in [0.717, 1.165) is 4.57 Å². The zero-order valence-corrected chi connectivity index (χ0v) is 10.4. The molecule has 8 heteroatoms. The summed E-state index contributed by atoms with van der Waals surface area (Å²) in [6.45, 7) is -1.13. The van der Waals surface area contributed by atoms with Gasteiger partial charge in [0.25, 0.3) is 0 Å². The Bertz CT molecular complexity index is 570. The number of pyridine rings is 1. The van der Waals surface area contributed by atoms with Crippen LogP contribution in [0.5, 0.6) is 0 Å². The average Bonchev–Trinajstić information content (AvgIpc) is 2.68. The number of fused-ring (bicyclic) bond motifs is 1. The maximum atomic E-state index is 13.2. The second kappa shape index (κ2) is 5.32. The van der Waals surface area contributed by atoms with E-state index in [0.29, 0.717) is 11.0 Å². The molecule has 2 rings (SSSR count). The summed E-state index contributed by atoms with van der Waals surface area (Å²) in [6, 6.07) is 1.46. The zero-order valence-electron chi connectivity index (χ0n) is 9.66. The highest BCUT2D eigenvalue weighted by Crippen LogP contribution is 2.27. The number of nitrogens with zero attached hydrogens (tertiary/aromatic N) is 3. The monoisotopic (exact) mass is 295 g/mol. The lowest BCUT2D eigenvalue weighted by molar-refractivity contribution is -0.137. The lowest BCUT2D eigenvalue weighted by Gasteiger charge is -2.17. The Morgan fingerprint density at radius 3 is 2.74 bits per heavy atom. The molecule has 0 saturated carbocycles. The van der Waals surface area contributed by atoms with E-state index < -0.39 is 18.9 Å². The molecular weight excluding hydrogens is 286 g/mol. The first-order valence-electron chi connectivity index (χ1n) is 5.47. The summed E-state index contributed by atoms with van der Waals surface area (Å²) in [4.78, 5) is 7.90. The van der Waals surface area contributed by atoms with Gasteiger partial charge in [-0.2, -0.15) is 8.78 Å². The van der Waals surface area contributed by atoms with E-state index in [9.17, 15) is 17.6 Å². The Labute approximate surface area is 111 Å². The van der Waals surface area contributed by atoms with E-state index in [1.54, 1.807) is 0 Å². The molecule has 3 nitrogen and oxygen atoms in total. The van der Waals surface area contributed by atoms with Gasteiger partial charge in [-0.1, -0.05) is 0 Å². The molecule has 0 spiro atoms. The van der Waals surface area contributed by atoms with Crippen LogP contribution < -0.4 is 0 Å². The maximum absolute atomic E-state index is 13.2. The molecule has 2 heterocycles. The van der Waals surface area contributed by atoms with Crippen molar-refractivity contribution in [2.45, 2.75) is 25.3 Å². The van der Waals surface area contributed by atoms with Crippen molar-refractivity contribution in [3.8, 4) is 0 Å². The average molecular weight is 296 g/mol. The molecular formula is C11H10ClF4N3. The third-order valence-electron chi connectivity index (χ3n) is 2.64. The van der Waals surface area contributed by atoms with Gasteiger partial charge < -0.3 is 4.57 Å². The SMILES string of the molecule is FC(F)C(F)(F)Cn1c(CCCl)nc2cnccc21. The van der Waals surface area contributed by atoms with Crippen LogP contribution in [0.25, 0.3) is 11.0 Å². The topological polar surface area (TPSA) is 30.7 Å². The molecule has 104 valence electrons. The van der Waals surface area contributed by atoms with Gasteiger partial charge in [0.05, 0.1) is 18.3 Å². The van der Waals surface area contributed by atoms with E-state index in [4.69, 9.17) is 11.6 Å². The van der Waals surface area contributed by atoms with Crippen LogP contribution in [0.1, 0.15) is 5.82 Å². The standard InChI is InChI=1S/C11H10ClF4N3/c12-3-1-9-18-7-5-17-4-2-8(7)19(9)6-11(15,16)10(13)14/h2,4-5,10H,1,3,6H2. The quantitative estimate of drug-likeness (QED) is 0.627. The number of aromatic nitrogens is 3. The van der Waals surface area contributed by atoms with Gasteiger partial charge in [-0.25, -0.2) is 13.8 Å². The number of hydrogen-bond acceptors (Lipinski definition) is 2. The predicted octanol–water partition coefficient (Wildman–Crippen LogP) is 3.11. The molecule has 2 aromatic rings. The fraction of sp³-hybridized carbons (Fsp3) is 0.455. The first-order chi connectivity index (χ1) is 8.95. The number of halogens is 5. The summed E-state index contributed by atoms with van der Waals surface area (Å²) in [6.07, 6.45) is -0.721. The molecule has 0 aliphatic heterocycles. The Hall–Kier alpha value is -1.37. The molecule has 0 aliphatic carbocycles. The fourth-order valence-electron chi connectivity index (χ4n) is 1.76. The van der Waals surface area contributed by atoms with Crippen LogP contribution in [-0.4, -0.2) is 32.8 Å². The lowest BCUT2D eigenvalue weighted by Crippen LogP contribution is -2.32. The zero-order chi connectivity index (χ0) is 14.0. The van der Waals surface area contributed by atoms with Crippen molar-refractivity contribution in [2.75, 3.05) is 5.88 Å². The van der Waals surface area contributed by atoms with Gasteiger partial charge in [0.1, 0.15) is 11.3 Å². The van der Waals surface area contributed by atoms with Gasteiger partial charge >= 0.3 is 12.3 Å². The molecule has 2 aromatic heterocycles. The lowest BCUT2D eigenvalue weighted by atomic mass is 10.3. The van der Waals surface area contributed by atoms with E-state index in [2.05, 4.69) is 9.97 Å². The van der Waals surface area contributed by atoms with Gasteiger partial charge in [0, 0.05) is 18.5 Å². The van der Waals surface area contributed by atoms with Crippen LogP contribution >= 0.6 is 11.6 Å². The Balaban J connectivity index is 2.47. The summed E-state index contributed by atoms with van der Waals surface area (Å²) in [7, 11) is 0. The van der Waals surface area contributed by atoms with Gasteiger partial charge in [-0.3, -0.25) is 4.98 Å². The Morgan fingerprint density at radius 2 is 2.11 bits per heavy atom. The molecule has 0 fully saturated rings. The molecule has 0 amide bonds. The largest absolute Gasteiger partial charge is 0.324 e. The van der Waals surface area contributed by atoms with Crippen molar-refractivity contribution in [3.05, 3.63) is 24.3 Å². The third-order valence-corrected chi connectivity index (χ3v) is 2.82. The van der Waals surface area contributed by atoms with Crippen molar-refractivity contribution >= 4 is 22.6 Å². The number of alkyl halides is 5. The second-order valence-corrected chi connectivity index (χ2v) is 4.36. The van der Waals surface area contributed by atoms with Gasteiger partial charge in [0.15, 0.2) is 0 Å². The minimum absolute atomic E-state index is 0.164. The van der Waals surface area contributed by atoms with E-state index in [1.165, 1.54) is 18.5 Å². The number of hydrogen-bond donors (Lipinski definition) is 0. The summed E-state index contributed by atoms with van der Waals surface area (Å²) in [5.74, 6) is -3.70. The normalized spacial score (nSPS) is 12.5. The summed E-state index contributed by atoms with van der Waals surface area (Å²) in [5.41, 5.74) is 0.725. The van der Waals surface area contributed by atoms with E-state index in [1.807, 2.05) is 0 Å². The number of imidazole rings is 1. The minimum atomic E-state index is -4.11. The fourth-order valence-corrected chi connectivity index (χ4v) is 1.93. The second-order valence-electron chi connectivity index (χ2n) is 3.98.